The van der Waals surface area contributed by atoms with Crippen LogP contribution in [0.4, 0.5) is 13.2 Å². The molecule has 0 bridgehead atoms. The summed E-state index contributed by atoms with van der Waals surface area (Å²) in [5.41, 5.74) is 6.52. The van der Waals surface area contributed by atoms with Gasteiger partial charge in [-0.05, 0) is 24.2 Å². The van der Waals surface area contributed by atoms with E-state index in [0.29, 0.717) is 17.0 Å². The summed E-state index contributed by atoms with van der Waals surface area (Å²) in [6.45, 7) is 2.04. The highest BCUT2D eigenvalue weighted by Crippen LogP contribution is 2.19. The number of carboxylic acid groups (broad SMARTS) is 1. The number of hydrogen-bond acceptors (Lipinski definition) is 5. The molecule has 0 aliphatic carbocycles. The van der Waals surface area contributed by atoms with Gasteiger partial charge in [-0.2, -0.15) is 13.2 Å². The van der Waals surface area contributed by atoms with E-state index >= 15 is 0 Å². The van der Waals surface area contributed by atoms with Crippen LogP contribution in [-0.4, -0.2) is 44.4 Å². The molecule has 0 radical (unpaired) electrons. The van der Waals surface area contributed by atoms with Gasteiger partial charge in [0.2, 0.25) is 5.91 Å². The first-order valence-electron chi connectivity index (χ1n) is 6.92. The second kappa shape index (κ2) is 9.37. The highest BCUT2D eigenvalue weighted by atomic mass is 32.2. The molecular formula is C14H19F3N2O5S. The zero-order valence-corrected chi connectivity index (χ0v) is 14.4. The lowest BCUT2D eigenvalue weighted by Gasteiger charge is -2.11. The summed E-state index contributed by atoms with van der Waals surface area (Å²) in [4.78, 5) is 20.1. The standard InChI is InChI=1S/C12H18N2O3S.C2HF3O2/c1-3-18(16,17)11-5-4-9(7-12(13)15)6-10(11)8-14-2;3-2(4,5)1(6)7/h4-6,14H,3,7-8H2,1-2H3,(H2,13,15);(H,6,7). The minimum Gasteiger partial charge on any atom is -0.475 e. The average molecular weight is 384 g/mol. The van der Waals surface area contributed by atoms with Gasteiger partial charge in [-0.3, -0.25) is 4.79 Å². The largest absolute Gasteiger partial charge is 0.490 e. The fourth-order valence-electron chi connectivity index (χ4n) is 1.73. The normalized spacial score (nSPS) is 11.4. The van der Waals surface area contributed by atoms with Crippen molar-refractivity contribution in [2.45, 2.75) is 31.0 Å². The number of carbonyl (C=O) groups excluding carboxylic acids is 1. The van der Waals surface area contributed by atoms with E-state index in [1.165, 1.54) is 0 Å². The number of carbonyl (C=O) groups is 2. The number of carboxylic acids is 1. The van der Waals surface area contributed by atoms with Gasteiger partial charge in [0.05, 0.1) is 17.1 Å². The second-order valence-electron chi connectivity index (χ2n) is 4.82. The van der Waals surface area contributed by atoms with Crippen molar-refractivity contribution in [3.05, 3.63) is 29.3 Å². The number of nitrogens with one attached hydrogen (secondary N) is 1. The van der Waals surface area contributed by atoms with Gasteiger partial charge in [0.15, 0.2) is 9.84 Å². The van der Waals surface area contributed by atoms with Gasteiger partial charge >= 0.3 is 12.1 Å². The molecule has 7 nitrogen and oxygen atoms in total. The first-order chi connectivity index (χ1) is 11.3. The molecule has 4 N–H and O–H groups in total. The van der Waals surface area contributed by atoms with Crippen molar-refractivity contribution in [1.82, 2.24) is 5.32 Å². The summed E-state index contributed by atoms with van der Waals surface area (Å²) in [5, 5.41) is 10.0. The van der Waals surface area contributed by atoms with Crippen molar-refractivity contribution >= 4 is 21.7 Å². The van der Waals surface area contributed by atoms with Gasteiger partial charge < -0.3 is 16.2 Å². The Morgan fingerprint density at radius 1 is 1.28 bits per heavy atom. The van der Waals surface area contributed by atoms with E-state index < -0.39 is 27.9 Å². The van der Waals surface area contributed by atoms with E-state index in [0.717, 1.165) is 5.56 Å². The zero-order valence-electron chi connectivity index (χ0n) is 13.6. The van der Waals surface area contributed by atoms with E-state index in [-0.39, 0.29) is 12.2 Å². The Hall–Kier alpha value is -2.14. The molecule has 0 unspecified atom stereocenters. The quantitative estimate of drug-likeness (QED) is 0.668. The molecule has 0 fully saturated rings. The Balaban J connectivity index is 0.000000697. The Labute approximate surface area is 142 Å². The maximum Gasteiger partial charge on any atom is 0.490 e. The summed E-state index contributed by atoms with van der Waals surface area (Å²) < 4.78 is 55.6. The van der Waals surface area contributed by atoms with E-state index in [4.69, 9.17) is 15.6 Å². The van der Waals surface area contributed by atoms with Gasteiger partial charge in [-0.1, -0.05) is 19.1 Å². The predicted octanol–water partition coefficient (Wildman–Crippen LogP) is 0.861. The lowest BCUT2D eigenvalue weighted by Crippen LogP contribution is -2.21. The maximum atomic E-state index is 11.9. The molecule has 142 valence electrons. The molecule has 0 aliphatic heterocycles. The third-order valence-corrected chi connectivity index (χ3v) is 4.66. The highest BCUT2D eigenvalue weighted by molar-refractivity contribution is 7.91. The Morgan fingerprint density at radius 3 is 2.16 bits per heavy atom. The van der Waals surface area contributed by atoms with Gasteiger partial charge in [0.25, 0.3) is 0 Å². The predicted molar refractivity (Wildman–Crippen MR) is 83.5 cm³/mol. The van der Waals surface area contributed by atoms with Crippen LogP contribution < -0.4 is 11.1 Å². The summed E-state index contributed by atoms with van der Waals surface area (Å²) in [6, 6.07) is 4.89. The first kappa shape index (κ1) is 22.9. The monoisotopic (exact) mass is 384 g/mol. The zero-order chi connectivity index (χ0) is 19.8. The van der Waals surface area contributed by atoms with Crippen molar-refractivity contribution in [2.75, 3.05) is 12.8 Å². The van der Waals surface area contributed by atoms with E-state index in [1.807, 2.05) is 0 Å². The third-order valence-electron chi connectivity index (χ3n) is 2.83. The van der Waals surface area contributed by atoms with Gasteiger partial charge in [-0.25, -0.2) is 13.2 Å². The number of halogens is 3. The molecule has 0 heterocycles. The van der Waals surface area contributed by atoms with E-state index in [1.54, 1.807) is 32.2 Å². The minimum atomic E-state index is -5.08. The smallest absolute Gasteiger partial charge is 0.475 e. The number of sulfone groups is 1. The van der Waals surface area contributed by atoms with Crippen molar-refractivity contribution in [3.63, 3.8) is 0 Å². The van der Waals surface area contributed by atoms with Crippen LogP contribution in [0.2, 0.25) is 0 Å². The summed E-state index contributed by atoms with van der Waals surface area (Å²) in [5.74, 6) is -3.14. The fraction of sp³-hybridized carbons (Fsp3) is 0.429. The number of alkyl halides is 3. The van der Waals surface area contributed by atoms with Crippen LogP contribution in [0.5, 0.6) is 0 Å². The number of primary amides is 1. The Kier molecular flexibility index (Phi) is 8.57. The Morgan fingerprint density at radius 2 is 1.80 bits per heavy atom. The molecule has 0 atom stereocenters. The minimum absolute atomic E-state index is 0.0544. The van der Waals surface area contributed by atoms with Crippen LogP contribution in [0.3, 0.4) is 0 Å². The number of rotatable bonds is 6. The summed E-state index contributed by atoms with van der Waals surface area (Å²) in [7, 11) is -1.51. The first-order valence-corrected chi connectivity index (χ1v) is 8.58. The molecule has 0 aliphatic rings. The molecule has 1 amide bonds. The molecule has 0 aromatic heterocycles. The lowest BCUT2D eigenvalue weighted by molar-refractivity contribution is -0.192. The molecule has 1 aromatic carbocycles. The lowest BCUT2D eigenvalue weighted by atomic mass is 10.1. The van der Waals surface area contributed by atoms with E-state index in [9.17, 15) is 26.4 Å². The van der Waals surface area contributed by atoms with Crippen LogP contribution in [0.15, 0.2) is 23.1 Å². The Bertz CT molecular complexity index is 718. The highest BCUT2D eigenvalue weighted by Gasteiger charge is 2.38. The molecule has 11 heteroatoms. The van der Waals surface area contributed by atoms with Gasteiger partial charge in [0, 0.05) is 6.54 Å². The van der Waals surface area contributed by atoms with Crippen LogP contribution in [0.25, 0.3) is 0 Å². The SMILES string of the molecule is CCS(=O)(=O)c1ccc(CC(N)=O)cc1CNC.O=C(O)C(F)(F)F. The van der Waals surface area contributed by atoms with E-state index in [2.05, 4.69) is 5.32 Å². The van der Waals surface area contributed by atoms with Crippen LogP contribution in [0, 0.1) is 0 Å². The van der Waals surface area contributed by atoms with Crippen molar-refractivity contribution in [2.24, 2.45) is 5.73 Å². The molecule has 0 spiro atoms. The topological polar surface area (TPSA) is 127 Å². The summed E-state index contributed by atoms with van der Waals surface area (Å²) >= 11 is 0. The van der Waals surface area contributed by atoms with Gasteiger partial charge in [0.1, 0.15) is 0 Å². The number of aliphatic carboxylic acids is 1. The van der Waals surface area contributed by atoms with Crippen molar-refractivity contribution in [1.29, 1.82) is 0 Å². The molecule has 0 saturated heterocycles. The van der Waals surface area contributed by atoms with Crippen LogP contribution in [0.1, 0.15) is 18.1 Å². The second-order valence-corrected chi connectivity index (χ2v) is 7.07. The third kappa shape index (κ3) is 7.98. The number of nitrogens with two attached hydrogens (primary N) is 1. The maximum absolute atomic E-state index is 11.9. The van der Waals surface area contributed by atoms with Crippen LogP contribution >= 0.6 is 0 Å². The number of amides is 1. The number of benzene rings is 1. The number of hydrogen-bond donors (Lipinski definition) is 3. The molecule has 1 aromatic rings. The molecule has 25 heavy (non-hydrogen) atoms. The van der Waals surface area contributed by atoms with Gasteiger partial charge in [-0.15, -0.1) is 0 Å². The molecule has 0 saturated carbocycles. The van der Waals surface area contributed by atoms with Crippen molar-refractivity contribution < 1.29 is 36.3 Å². The average Bonchev–Trinajstić information content (AvgIpc) is 2.46. The van der Waals surface area contributed by atoms with Crippen molar-refractivity contribution in [3.8, 4) is 0 Å². The van der Waals surface area contributed by atoms with Crippen LogP contribution in [-0.2, 0) is 32.4 Å². The fourth-order valence-corrected chi connectivity index (χ4v) is 2.85. The summed E-state index contributed by atoms with van der Waals surface area (Å²) in [6.07, 6.45) is -4.97. The molecular weight excluding hydrogens is 365 g/mol. The molecule has 1 rings (SSSR count).